The highest BCUT2D eigenvalue weighted by atomic mass is 28.4. The van der Waals surface area contributed by atoms with Gasteiger partial charge in [-0.1, -0.05) is 0 Å². The molecular weight excluding hydrogens is 228 g/mol. The molecule has 4 heteroatoms. The van der Waals surface area contributed by atoms with Crippen LogP contribution in [0.15, 0.2) is 0 Å². The molecule has 17 heavy (non-hydrogen) atoms. The van der Waals surface area contributed by atoms with Crippen LogP contribution in [0.4, 0.5) is 0 Å². The first-order valence-corrected chi connectivity index (χ1v) is 10.0. The van der Waals surface area contributed by atoms with Crippen LogP contribution in [0.25, 0.3) is 0 Å². The van der Waals surface area contributed by atoms with Crippen LogP contribution in [-0.2, 0) is 4.43 Å². The molecule has 0 saturated heterocycles. The van der Waals surface area contributed by atoms with Crippen molar-refractivity contribution in [1.82, 2.24) is 4.90 Å². The van der Waals surface area contributed by atoms with Gasteiger partial charge in [0, 0.05) is 0 Å². The lowest BCUT2D eigenvalue weighted by molar-refractivity contribution is -0.529. The summed E-state index contributed by atoms with van der Waals surface area (Å²) in [7, 11) is -1.46. The number of hydrogen-bond donors (Lipinski definition) is 0. The van der Waals surface area contributed by atoms with Crippen molar-refractivity contribution >= 4 is 14.7 Å². The fourth-order valence-corrected chi connectivity index (χ4v) is 4.15. The molecule has 100 valence electrons. The normalized spacial score (nSPS) is 17.9. The molecule has 1 rings (SSSR count). The molecule has 0 unspecified atom stereocenters. The number of hydrogen-bond acceptors (Lipinski definition) is 2. The Morgan fingerprint density at radius 3 is 2.35 bits per heavy atom. The molecule has 0 amide bonds. The first-order chi connectivity index (χ1) is 7.59. The zero-order valence-electron chi connectivity index (χ0n) is 12.6. The molecule has 3 nitrogen and oxygen atoms in total. The van der Waals surface area contributed by atoms with Gasteiger partial charge in [-0.3, -0.25) is 9.48 Å². The molecule has 1 aliphatic rings. The highest BCUT2D eigenvalue weighted by Crippen LogP contribution is 2.18. The van der Waals surface area contributed by atoms with E-state index in [-0.39, 0.29) is 5.60 Å². The number of rotatable bonds is 5. The Kier molecular flexibility index (Phi) is 4.41. The van der Waals surface area contributed by atoms with E-state index in [0.29, 0.717) is 6.04 Å². The van der Waals surface area contributed by atoms with Crippen molar-refractivity contribution in [2.75, 3.05) is 19.6 Å². The minimum Gasteiger partial charge on any atom is -0.409 e. The van der Waals surface area contributed by atoms with E-state index in [1.165, 1.54) is 0 Å². The largest absolute Gasteiger partial charge is 0.409 e. The molecule has 0 spiro atoms. The topological polar surface area (TPSA) is 15.5 Å². The van der Waals surface area contributed by atoms with Gasteiger partial charge in [-0.25, -0.2) is 0 Å². The van der Waals surface area contributed by atoms with E-state index in [9.17, 15) is 0 Å². The van der Waals surface area contributed by atoms with Gasteiger partial charge >= 0.3 is 0 Å². The molecule has 0 bridgehead atoms. The highest BCUT2D eigenvalue weighted by Gasteiger charge is 2.32. The Morgan fingerprint density at radius 1 is 1.35 bits per heavy atom. The molecule has 0 aliphatic carbocycles. The minimum absolute atomic E-state index is 0.0477. The van der Waals surface area contributed by atoms with Gasteiger partial charge < -0.3 is 4.43 Å². The molecule has 0 aromatic carbocycles. The summed E-state index contributed by atoms with van der Waals surface area (Å²) >= 11 is 0. The van der Waals surface area contributed by atoms with Crippen LogP contribution in [0.5, 0.6) is 0 Å². The molecule has 1 aliphatic heterocycles. The average Bonchev–Trinajstić information content (AvgIpc) is 2.46. The van der Waals surface area contributed by atoms with Gasteiger partial charge in [0.2, 0.25) is 6.34 Å². The Hall–Kier alpha value is -0.353. The van der Waals surface area contributed by atoms with E-state index in [1.54, 1.807) is 0 Å². The molecule has 1 heterocycles. The van der Waals surface area contributed by atoms with Gasteiger partial charge in [-0.05, 0) is 47.3 Å². The summed E-state index contributed by atoms with van der Waals surface area (Å²) in [6.07, 6.45) is 2.26. The minimum atomic E-state index is -1.46. The van der Waals surface area contributed by atoms with Crippen LogP contribution in [0, 0.1) is 0 Å². The van der Waals surface area contributed by atoms with Gasteiger partial charge in [0.1, 0.15) is 19.6 Å². The Labute approximate surface area is 108 Å². The first-order valence-electron chi connectivity index (χ1n) is 6.64. The van der Waals surface area contributed by atoms with Gasteiger partial charge in [0.15, 0.2) is 8.32 Å². The molecule has 0 radical (unpaired) electrons. The van der Waals surface area contributed by atoms with E-state index >= 15 is 0 Å². The Morgan fingerprint density at radius 2 is 1.94 bits per heavy atom. The molecule has 0 atom stereocenters. The van der Waals surface area contributed by atoms with Crippen LogP contribution in [-0.4, -0.2) is 55.4 Å². The maximum Gasteiger partial charge on any atom is 0.234 e. The lowest BCUT2D eigenvalue weighted by atomic mass is 10.1. The average molecular weight is 257 g/mol. The maximum absolute atomic E-state index is 6.24. The first kappa shape index (κ1) is 14.7. The van der Waals surface area contributed by atoms with Gasteiger partial charge in [-0.2, -0.15) is 0 Å². The zero-order chi connectivity index (χ0) is 13.3. The molecule has 0 saturated carbocycles. The summed E-state index contributed by atoms with van der Waals surface area (Å²) in [5, 5.41) is 0. The van der Waals surface area contributed by atoms with Crippen molar-refractivity contribution in [1.29, 1.82) is 0 Å². The lowest BCUT2D eigenvalue weighted by Gasteiger charge is -2.32. The summed E-state index contributed by atoms with van der Waals surface area (Å²) < 4.78 is 8.63. The summed E-state index contributed by atoms with van der Waals surface area (Å²) in [6, 6.07) is 0.598. The van der Waals surface area contributed by atoms with E-state index in [2.05, 4.69) is 63.1 Å². The number of nitrogens with zero attached hydrogens (tertiary/aromatic N) is 2. The van der Waals surface area contributed by atoms with Crippen molar-refractivity contribution in [3.63, 3.8) is 0 Å². The molecule has 0 N–H and O–H groups in total. The Bertz CT molecular complexity index is 292. The van der Waals surface area contributed by atoms with Crippen LogP contribution in [0.3, 0.4) is 0 Å². The monoisotopic (exact) mass is 257 g/mol. The molecular formula is C13H29N2OSi+. The van der Waals surface area contributed by atoms with Crippen molar-refractivity contribution in [2.24, 2.45) is 0 Å². The second-order valence-electron chi connectivity index (χ2n) is 6.89. The fraction of sp³-hybridized carbons (Fsp3) is 0.923. The second kappa shape index (κ2) is 5.10. The molecule has 0 aromatic rings. The standard InChI is InChI=1S/C13H29N2OSi/c1-12(2)15-9-8-14(11-15)10-13(3,4)16-17(5,6)7/h11-12H,8-10H2,1-7H3/q+1. The predicted octanol–water partition coefficient (Wildman–Crippen LogP) is 2.38. The Balaban J connectivity index is 2.57. The SMILES string of the molecule is CC(C)N1C=[N+](CC(C)(C)O[Si](C)(C)C)CC1. The van der Waals surface area contributed by atoms with Gasteiger partial charge in [-0.15, -0.1) is 0 Å². The van der Waals surface area contributed by atoms with E-state index in [0.717, 1.165) is 19.6 Å². The third kappa shape index (κ3) is 5.21. The third-order valence-electron chi connectivity index (χ3n) is 2.79. The summed E-state index contributed by atoms with van der Waals surface area (Å²) in [5.74, 6) is 0. The predicted molar refractivity (Wildman–Crippen MR) is 76.4 cm³/mol. The summed E-state index contributed by atoms with van der Waals surface area (Å²) in [5.41, 5.74) is -0.0477. The lowest BCUT2D eigenvalue weighted by Crippen LogP contribution is -2.44. The van der Waals surface area contributed by atoms with Crippen LogP contribution >= 0.6 is 0 Å². The van der Waals surface area contributed by atoms with E-state index in [1.807, 2.05) is 0 Å². The van der Waals surface area contributed by atoms with Gasteiger partial charge in [0.05, 0.1) is 11.6 Å². The smallest absolute Gasteiger partial charge is 0.234 e. The second-order valence-corrected chi connectivity index (χ2v) is 11.3. The molecule has 0 aromatic heterocycles. The maximum atomic E-state index is 6.24. The van der Waals surface area contributed by atoms with Crippen molar-refractivity contribution < 1.29 is 9.00 Å². The molecule has 0 fully saturated rings. The zero-order valence-corrected chi connectivity index (χ0v) is 13.6. The van der Waals surface area contributed by atoms with Gasteiger partial charge in [0.25, 0.3) is 0 Å². The quantitative estimate of drug-likeness (QED) is 0.555. The van der Waals surface area contributed by atoms with Crippen molar-refractivity contribution in [3.8, 4) is 0 Å². The van der Waals surface area contributed by atoms with Crippen LogP contribution < -0.4 is 0 Å². The highest BCUT2D eigenvalue weighted by molar-refractivity contribution is 6.69. The fourth-order valence-electron chi connectivity index (χ4n) is 2.43. The van der Waals surface area contributed by atoms with Crippen LogP contribution in [0.1, 0.15) is 27.7 Å². The van der Waals surface area contributed by atoms with Crippen molar-refractivity contribution in [2.45, 2.75) is 59.0 Å². The third-order valence-corrected chi connectivity index (χ3v) is 3.95. The van der Waals surface area contributed by atoms with E-state index < -0.39 is 8.32 Å². The van der Waals surface area contributed by atoms with Crippen molar-refractivity contribution in [3.05, 3.63) is 0 Å². The van der Waals surface area contributed by atoms with E-state index in [4.69, 9.17) is 4.43 Å². The summed E-state index contributed by atoms with van der Waals surface area (Å²) in [6.45, 7) is 18.9. The van der Waals surface area contributed by atoms with Crippen LogP contribution in [0.2, 0.25) is 19.6 Å². The summed E-state index contributed by atoms with van der Waals surface area (Å²) in [4.78, 5) is 2.39.